The highest BCUT2D eigenvalue weighted by Crippen LogP contribution is 2.33. The first kappa shape index (κ1) is 13.4. The quantitative estimate of drug-likeness (QED) is 0.367. The van der Waals surface area contributed by atoms with Crippen LogP contribution < -0.4 is 0 Å². The molecule has 0 radical (unpaired) electrons. The van der Waals surface area contributed by atoms with E-state index in [0.717, 1.165) is 6.07 Å². The smallest absolute Gasteiger partial charge is 0.258 e. The van der Waals surface area contributed by atoms with Gasteiger partial charge in [0.1, 0.15) is 0 Å². The lowest BCUT2D eigenvalue weighted by atomic mass is 10.3. The number of nitrogens with zero attached hydrogens (tertiary/aromatic N) is 3. The monoisotopic (exact) mass is 297 g/mol. The zero-order valence-electron chi connectivity index (χ0n) is 9.33. The van der Waals surface area contributed by atoms with Crippen LogP contribution in [0.4, 0.5) is 5.69 Å². The number of nitro benzene ring substituents is 1. The molecule has 0 saturated heterocycles. The van der Waals surface area contributed by atoms with Gasteiger partial charge in [0.05, 0.1) is 15.7 Å². The standard InChI is InChI=1S/C10H7N3O4S2/c14-13(15)8-4-1-2-5-9(8)19(16,17)18-10-11-6-3-7-12-10/h1-7H. The predicted molar refractivity (Wildman–Crippen MR) is 68.2 cm³/mol. The highest BCUT2D eigenvalue weighted by Gasteiger charge is 2.27. The van der Waals surface area contributed by atoms with Crippen molar-refractivity contribution in [3.63, 3.8) is 0 Å². The molecule has 0 fully saturated rings. The van der Waals surface area contributed by atoms with E-state index in [0.29, 0.717) is 10.8 Å². The molecule has 7 nitrogen and oxygen atoms in total. The van der Waals surface area contributed by atoms with Crippen molar-refractivity contribution < 1.29 is 13.3 Å². The third kappa shape index (κ3) is 3.06. The molecular weight excluding hydrogens is 290 g/mol. The second kappa shape index (κ2) is 5.33. The average Bonchev–Trinajstić information content (AvgIpc) is 2.39. The molecule has 0 aliphatic carbocycles. The molecule has 9 heteroatoms. The fourth-order valence-corrected chi connectivity index (χ4v) is 3.97. The molecule has 1 aromatic heterocycles. The summed E-state index contributed by atoms with van der Waals surface area (Å²) >= 11 is 0. The summed E-state index contributed by atoms with van der Waals surface area (Å²) in [4.78, 5) is 17.3. The first-order chi connectivity index (χ1) is 9.00. The molecule has 2 aromatic rings. The highest BCUT2D eigenvalue weighted by molar-refractivity contribution is 8.72. The molecule has 1 aromatic carbocycles. The number of rotatable bonds is 4. The molecule has 0 unspecified atom stereocenters. The van der Waals surface area contributed by atoms with E-state index in [2.05, 4.69) is 9.97 Å². The predicted octanol–water partition coefficient (Wildman–Crippen LogP) is 1.87. The summed E-state index contributed by atoms with van der Waals surface area (Å²) in [6, 6.07) is 6.69. The highest BCUT2D eigenvalue weighted by atomic mass is 33.1. The molecule has 0 amide bonds. The molecule has 0 aliphatic heterocycles. The van der Waals surface area contributed by atoms with E-state index in [1.165, 1.54) is 30.6 Å². The van der Waals surface area contributed by atoms with Crippen LogP contribution in [0.25, 0.3) is 0 Å². The summed E-state index contributed by atoms with van der Waals surface area (Å²) in [7, 11) is -3.56. The van der Waals surface area contributed by atoms with Crippen molar-refractivity contribution >= 4 is 25.4 Å². The van der Waals surface area contributed by atoms with Gasteiger partial charge in [-0.3, -0.25) is 10.1 Å². The molecule has 98 valence electrons. The number of nitro groups is 1. The summed E-state index contributed by atoms with van der Waals surface area (Å²) in [5.41, 5.74) is -0.467. The molecular formula is C10H7N3O4S2. The Morgan fingerprint density at radius 2 is 1.74 bits per heavy atom. The van der Waals surface area contributed by atoms with E-state index < -0.39 is 19.5 Å². The van der Waals surface area contributed by atoms with Crippen LogP contribution in [0.1, 0.15) is 0 Å². The SMILES string of the molecule is O=[N+]([O-])c1ccccc1S(=O)(=O)Sc1ncccn1. The second-order valence-electron chi connectivity index (χ2n) is 3.29. The Balaban J connectivity index is 2.43. The van der Waals surface area contributed by atoms with Crippen molar-refractivity contribution in [3.8, 4) is 0 Å². The molecule has 2 rings (SSSR count). The summed E-state index contributed by atoms with van der Waals surface area (Å²) in [6.45, 7) is 0. The van der Waals surface area contributed by atoms with Crippen LogP contribution in [0.5, 0.6) is 0 Å². The fourth-order valence-electron chi connectivity index (χ4n) is 1.29. The van der Waals surface area contributed by atoms with Gasteiger partial charge in [0, 0.05) is 18.5 Å². The van der Waals surface area contributed by atoms with Gasteiger partial charge in [0.25, 0.3) is 5.69 Å². The Hall–Kier alpha value is -2.00. The fraction of sp³-hybridized carbons (Fsp3) is 0. The third-order valence-corrected chi connectivity index (χ3v) is 5.16. The van der Waals surface area contributed by atoms with Gasteiger partial charge >= 0.3 is 0 Å². The normalized spacial score (nSPS) is 11.2. The Morgan fingerprint density at radius 1 is 1.11 bits per heavy atom. The van der Waals surface area contributed by atoms with Gasteiger partial charge in [-0.05, 0) is 12.1 Å². The number of aromatic nitrogens is 2. The van der Waals surface area contributed by atoms with Crippen molar-refractivity contribution in [2.24, 2.45) is 0 Å². The number of hydrogen-bond acceptors (Lipinski definition) is 7. The molecule has 0 bridgehead atoms. The minimum absolute atomic E-state index is 0.0145. The topological polar surface area (TPSA) is 103 Å². The molecule has 0 atom stereocenters. The zero-order chi connectivity index (χ0) is 13.9. The molecule has 0 N–H and O–H groups in total. The molecule has 1 heterocycles. The number of para-hydroxylation sites is 1. The van der Waals surface area contributed by atoms with Crippen LogP contribution in [0.15, 0.2) is 52.8 Å². The maximum absolute atomic E-state index is 12.1. The van der Waals surface area contributed by atoms with Gasteiger partial charge in [-0.15, -0.1) is 0 Å². The van der Waals surface area contributed by atoms with Crippen LogP contribution >= 0.6 is 10.8 Å². The van der Waals surface area contributed by atoms with Crippen LogP contribution in [0.3, 0.4) is 0 Å². The maximum Gasteiger partial charge on any atom is 0.288 e. The lowest BCUT2D eigenvalue weighted by molar-refractivity contribution is -0.387. The van der Waals surface area contributed by atoms with Gasteiger partial charge in [-0.25, -0.2) is 18.4 Å². The summed E-state index contributed by atoms with van der Waals surface area (Å²) in [6.07, 6.45) is 2.79. The van der Waals surface area contributed by atoms with E-state index in [4.69, 9.17) is 0 Å². The summed E-state index contributed by atoms with van der Waals surface area (Å²) in [5, 5.41) is 10.8. The lowest BCUT2D eigenvalue weighted by Crippen LogP contribution is -2.01. The van der Waals surface area contributed by atoms with E-state index >= 15 is 0 Å². The van der Waals surface area contributed by atoms with Gasteiger partial charge in [0.15, 0.2) is 4.90 Å². The van der Waals surface area contributed by atoms with Crippen LogP contribution in [-0.4, -0.2) is 23.3 Å². The molecule has 19 heavy (non-hydrogen) atoms. The van der Waals surface area contributed by atoms with Crippen molar-refractivity contribution in [2.45, 2.75) is 10.1 Å². The van der Waals surface area contributed by atoms with Crippen molar-refractivity contribution in [1.82, 2.24) is 9.97 Å². The minimum atomic E-state index is -3.94. The Kier molecular flexibility index (Phi) is 3.76. The van der Waals surface area contributed by atoms with Gasteiger partial charge in [0.2, 0.25) is 14.0 Å². The van der Waals surface area contributed by atoms with E-state index in [1.807, 2.05) is 0 Å². The lowest BCUT2D eigenvalue weighted by Gasteiger charge is -2.03. The molecule has 0 saturated carbocycles. The zero-order valence-corrected chi connectivity index (χ0v) is 11.0. The molecule has 0 aliphatic rings. The van der Waals surface area contributed by atoms with Crippen molar-refractivity contribution in [1.29, 1.82) is 0 Å². The van der Waals surface area contributed by atoms with Gasteiger partial charge < -0.3 is 0 Å². The first-order valence-electron chi connectivity index (χ1n) is 4.95. The second-order valence-corrected chi connectivity index (χ2v) is 6.99. The number of benzene rings is 1. The Bertz CT molecular complexity index is 704. The Labute approximate surface area is 112 Å². The van der Waals surface area contributed by atoms with E-state index in [-0.39, 0.29) is 10.1 Å². The molecule has 0 spiro atoms. The number of hydrogen-bond donors (Lipinski definition) is 0. The summed E-state index contributed by atoms with van der Waals surface area (Å²) in [5.74, 6) is 0. The van der Waals surface area contributed by atoms with Crippen molar-refractivity contribution in [3.05, 3.63) is 52.8 Å². The van der Waals surface area contributed by atoms with Crippen molar-refractivity contribution in [2.75, 3.05) is 0 Å². The Morgan fingerprint density at radius 3 is 2.37 bits per heavy atom. The minimum Gasteiger partial charge on any atom is -0.258 e. The van der Waals surface area contributed by atoms with Crippen LogP contribution in [-0.2, 0) is 8.87 Å². The largest absolute Gasteiger partial charge is 0.288 e. The van der Waals surface area contributed by atoms with E-state index in [1.54, 1.807) is 6.07 Å². The van der Waals surface area contributed by atoms with Crippen LogP contribution in [0, 0.1) is 10.1 Å². The van der Waals surface area contributed by atoms with E-state index in [9.17, 15) is 18.5 Å². The summed E-state index contributed by atoms with van der Waals surface area (Å²) < 4.78 is 24.2. The van der Waals surface area contributed by atoms with Gasteiger partial charge in [-0.2, -0.15) is 0 Å². The maximum atomic E-state index is 12.1. The van der Waals surface area contributed by atoms with Crippen LogP contribution in [0.2, 0.25) is 0 Å². The first-order valence-corrected chi connectivity index (χ1v) is 7.77. The average molecular weight is 297 g/mol. The third-order valence-electron chi connectivity index (χ3n) is 2.06. The van der Waals surface area contributed by atoms with Gasteiger partial charge in [-0.1, -0.05) is 12.1 Å².